The third-order valence-corrected chi connectivity index (χ3v) is 5.13. The molecular formula is C22H22F3N3O3. The molecule has 1 amide bonds. The molecule has 3 rings (SSSR count). The normalized spacial score (nSPS) is 12.6. The number of benzene rings is 2. The molecule has 0 saturated heterocycles. The van der Waals surface area contributed by atoms with Crippen molar-refractivity contribution < 1.29 is 22.7 Å². The lowest BCUT2D eigenvalue weighted by Gasteiger charge is -2.22. The number of anilines is 1. The summed E-state index contributed by atoms with van der Waals surface area (Å²) in [6, 6.07) is 8.39. The van der Waals surface area contributed by atoms with Crippen LogP contribution in [-0.4, -0.2) is 22.6 Å². The number of carbonyl (C=O) groups excluding carboxylic acids is 1. The smallest absolute Gasteiger partial charge is 0.438 e. The molecule has 1 N–H and O–H groups in total. The molecule has 0 aliphatic carbocycles. The summed E-state index contributed by atoms with van der Waals surface area (Å²) in [7, 11) is 1.50. The molecule has 0 saturated carbocycles. The van der Waals surface area contributed by atoms with Gasteiger partial charge in [-0.2, -0.15) is 13.2 Å². The molecule has 1 aromatic heterocycles. The third-order valence-electron chi connectivity index (χ3n) is 5.13. The molecule has 1 heterocycles. The number of hydrogen-bond acceptors (Lipinski definition) is 4. The SMILES string of the molecule is CCC(C(=O)Nc1ccc(OC)cc1)n1c(=O)c(C(F)(F)F)nc2cc(C)c(C)cc21. The molecule has 0 aliphatic heterocycles. The molecular weight excluding hydrogens is 411 g/mol. The van der Waals surface area contributed by atoms with Crippen molar-refractivity contribution in [3.8, 4) is 5.75 Å². The van der Waals surface area contributed by atoms with Crippen LogP contribution in [0.3, 0.4) is 0 Å². The Kier molecular flexibility index (Phi) is 6.06. The van der Waals surface area contributed by atoms with Crippen LogP contribution in [0.1, 0.15) is 36.2 Å². The van der Waals surface area contributed by atoms with E-state index in [2.05, 4.69) is 10.3 Å². The van der Waals surface area contributed by atoms with Crippen molar-refractivity contribution in [3.05, 3.63) is 63.6 Å². The Morgan fingerprint density at radius 3 is 2.32 bits per heavy atom. The summed E-state index contributed by atoms with van der Waals surface area (Å²) in [4.78, 5) is 29.4. The molecule has 1 unspecified atom stereocenters. The van der Waals surface area contributed by atoms with E-state index in [9.17, 15) is 22.8 Å². The summed E-state index contributed by atoms with van der Waals surface area (Å²) in [6.07, 6.45) is -4.85. The van der Waals surface area contributed by atoms with Gasteiger partial charge in [-0.15, -0.1) is 0 Å². The average molecular weight is 433 g/mol. The highest BCUT2D eigenvalue weighted by Crippen LogP contribution is 2.29. The summed E-state index contributed by atoms with van der Waals surface area (Å²) in [6.45, 7) is 5.15. The van der Waals surface area contributed by atoms with Crippen LogP contribution in [-0.2, 0) is 11.0 Å². The maximum atomic E-state index is 13.5. The lowest BCUT2D eigenvalue weighted by molar-refractivity contribution is -0.142. The minimum absolute atomic E-state index is 0.00530. The number of rotatable bonds is 5. The van der Waals surface area contributed by atoms with Gasteiger partial charge in [0.1, 0.15) is 11.8 Å². The minimum atomic E-state index is -4.95. The van der Waals surface area contributed by atoms with Crippen LogP contribution in [0.25, 0.3) is 11.0 Å². The number of alkyl halides is 3. The van der Waals surface area contributed by atoms with Gasteiger partial charge in [0.25, 0.3) is 5.56 Å². The van der Waals surface area contributed by atoms with Gasteiger partial charge in [0.15, 0.2) is 0 Å². The van der Waals surface area contributed by atoms with Crippen molar-refractivity contribution in [3.63, 3.8) is 0 Å². The van der Waals surface area contributed by atoms with Crippen LogP contribution < -0.4 is 15.6 Å². The van der Waals surface area contributed by atoms with Crippen LogP contribution in [0, 0.1) is 13.8 Å². The lowest BCUT2D eigenvalue weighted by Crippen LogP contribution is -2.37. The second-order valence-corrected chi connectivity index (χ2v) is 7.20. The molecule has 0 spiro atoms. The lowest BCUT2D eigenvalue weighted by atomic mass is 10.1. The number of nitrogens with one attached hydrogen (secondary N) is 1. The Morgan fingerprint density at radius 1 is 1.16 bits per heavy atom. The Morgan fingerprint density at radius 2 is 1.77 bits per heavy atom. The second-order valence-electron chi connectivity index (χ2n) is 7.20. The molecule has 9 heteroatoms. The van der Waals surface area contributed by atoms with E-state index in [4.69, 9.17) is 4.74 Å². The molecule has 3 aromatic rings. The molecule has 0 aliphatic rings. The van der Waals surface area contributed by atoms with Gasteiger partial charge >= 0.3 is 6.18 Å². The number of methoxy groups -OCH3 is 1. The number of amides is 1. The zero-order valence-corrected chi connectivity index (χ0v) is 17.5. The molecule has 0 bridgehead atoms. The van der Waals surface area contributed by atoms with Crippen molar-refractivity contribution in [2.45, 2.75) is 39.4 Å². The zero-order valence-electron chi connectivity index (χ0n) is 17.5. The summed E-state index contributed by atoms with van der Waals surface area (Å²) < 4.78 is 46.6. The largest absolute Gasteiger partial charge is 0.497 e. The van der Waals surface area contributed by atoms with Gasteiger partial charge in [0, 0.05) is 5.69 Å². The van der Waals surface area contributed by atoms with Crippen molar-refractivity contribution in [1.82, 2.24) is 9.55 Å². The number of aryl methyl sites for hydroxylation is 2. The van der Waals surface area contributed by atoms with E-state index in [0.29, 0.717) is 11.4 Å². The van der Waals surface area contributed by atoms with Gasteiger partial charge in [-0.3, -0.25) is 14.2 Å². The maximum Gasteiger partial charge on any atom is 0.438 e. The van der Waals surface area contributed by atoms with E-state index in [0.717, 1.165) is 15.7 Å². The number of carbonyl (C=O) groups is 1. The summed E-state index contributed by atoms with van der Waals surface area (Å²) >= 11 is 0. The number of halogens is 3. The molecule has 164 valence electrons. The number of aromatic nitrogens is 2. The summed E-state index contributed by atoms with van der Waals surface area (Å²) in [5.41, 5.74) is -0.775. The Labute approximate surface area is 176 Å². The average Bonchev–Trinajstić information content (AvgIpc) is 2.71. The van der Waals surface area contributed by atoms with Crippen LogP contribution in [0.15, 0.2) is 41.2 Å². The highest BCUT2D eigenvalue weighted by molar-refractivity contribution is 5.94. The molecule has 2 aromatic carbocycles. The Balaban J connectivity index is 2.16. The predicted molar refractivity (Wildman–Crippen MR) is 111 cm³/mol. The van der Waals surface area contributed by atoms with Gasteiger partial charge in [0.2, 0.25) is 11.6 Å². The maximum absolute atomic E-state index is 13.5. The molecule has 31 heavy (non-hydrogen) atoms. The van der Waals surface area contributed by atoms with Crippen molar-refractivity contribution in [2.75, 3.05) is 12.4 Å². The predicted octanol–water partition coefficient (Wildman–Crippen LogP) is 4.63. The first-order valence-electron chi connectivity index (χ1n) is 9.62. The van der Waals surface area contributed by atoms with E-state index >= 15 is 0 Å². The first-order valence-corrected chi connectivity index (χ1v) is 9.62. The zero-order chi connectivity index (χ0) is 22.9. The fourth-order valence-corrected chi connectivity index (χ4v) is 3.34. The summed E-state index contributed by atoms with van der Waals surface area (Å²) in [5.74, 6) is -0.0179. The highest BCUT2D eigenvalue weighted by Gasteiger charge is 2.38. The van der Waals surface area contributed by atoms with E-state index in [1.807, 2.05) is 0 Å². The fraction of sp³-hybridized carbons (Fsp3) is 0.318. The van der Waals surface area contributed by atoms with Gasteiger partial charge in [-0.1, -0.05) is 6.92 Å². The highest BCUT2D eigenvalue weighted by atomic mass is 19.4. The van der Waals surface area contributed by atoms with Crippen molar-refractivity contribution >= 4 is 22.6 Å². The van der Waals surface area contributed by atoms with Crippen LogP contribution in [0.4, 0.5) is 18.9 Å². The van der Waals surface area contributed by atoms with Crippen LogP contribution in [0.5, 0.6) is 5.75 Å². The number of nitrogens with zero attached hydrogens (tertiary/aromatic N) is 2. The van der Waals surface area contributed by atoms with E-state index in [1.54, 1.807) is 51.1 Å². The van der Waals surface area contributed by atoms with E-state index in [-0.39, 0.29) is 17.5 Å². The third kappa shape index (κ3) is 4.40. The number of ether oxygens (including phenoxy) is 1. The quantitative estimate of drug-likeness (QED) is 0.637. The molecule has 1 atom stereocenters. The Hall–Kier alpha value is -3.36. The molecule has 0 radical (unpaired) electrons. The van der Waals surface area contributed by atoms with Gasteiger partial charge in [-0.05, 0) is 67.8 Å². The van der Waals surface area contributed by atoms with Crippen molar-refractivity contribution in [2.24, 2.45) is 0 Å². The topological polar surface area (TPSA) is 73.2 Å². The van der Waals surface area contributed by atoms with E-state index in [1.165, 1.54) is 13.2 Å². The Bertz CT molecular complexity index is 1190. The van der Waals surface area contributed by atoms with Crippen molar-refractivity contribution in [1.29, 1.82) is 0 Å². The monoisotopic (exact) mass is 433 g/mol. The van der Waals surface area contributed by atoms with Crippen LogP contribution in [0.2, 0.25) is 0 Å². The number of fused-ring (bicyclic) bond motifs is 1. The van der Waals surface area contributed by atoms with Crippen LogP contribution >= 0.6 is 0 Å². The standard InChI is InChI=1S/C22H22F3N3O3/c1-5-17(20(29)26-14-6-8-15(31-4)9-7-14)28-18-11-13(3)12(2)10-16(18)27-19(21(28)30)22(23,24)25/h6-11,17H,5H2,1-4H3,(H,26,29). The molecule has 0 fully saturated rings. The van der Waals surface area contributed by atoms with Gasteiger partial charge < -0.3 is 10.1 Å². The van der Waals surface area contributed by atoms with Gasteiger partial charge in [-0.25, -0.2) is 4.98 Å². The first kappa shape index (κ1) is 22.3. The first-order chi connectivity index (χ1) is 14.6. The van der Waals surface area contributed by atoms with E-state index < -0.39 is 29.4 Å². The second kappa shape index (κ2) is 8.41. The summed E-state index contributed by atoms with van der Waals surface area (Å²) in [5, 5.41) is 2.66. The van der Waals surface area contributed by atoms with Gasteiger partial charge in [0.05, 0.1) is 18.1 Å². The minimum Gasteiger partial charge on any atom is -0.497 e. The fourth-order valence-electron chi connectivity index (χ4n) is 3.34. The molecule has 6 nitrogen and oxygen atoms in total. The number of hydrogen-bond donors (Lipinski definition) is 1.